The molecule has 2 heterocycles. The second-order valence-electron chi connectivity index (χ2n) is 6.82. The van der Waals surface area contributed by atoms with Gasteiger partial charge in [-0.25, -0.2) is 13.4 Å². The Morgan fingerprint density at radius 2 is 1.96 bits per heavy atom. The highest BCUT2D eigenvalue weighted by Crippen LogP contribution is 2.42. The monoisotopic (exact) mass is 360 g/mol. The van der Waals surface area contributed by atoms with Crippen molar-refractivity contribution < 1.29 is 17.6 Å². The zero-order valence-corrected chi connectivity index (χ0v) is 14.6. The van der Waals surface area contributed by atoms with Gasteiger partial charge in [0.1, 0.15) is 5.76 Å². The Bertz CT molecular complexity index is 871. The normalized spacial score (nSPS) is 22.0. The molecule has 6 nitrogen and oxygen atoms in total. The van der Waals surface area contributed by atoms with E-state index < -0.39 is 9.84 Å². The molecule has 1 aliphatic carbocycles. The number of hydrogen-bond acceptors (Lipinski definition) is 5. The second-order valence-corrected chi connectivity index (χ2v) is 9.04. The predicted octanol–water partition coefficient (Wildman–Crippen LogP) is 2.38. The summed E-state index contributed by atoms with van der Waals surface area (Å²) in [5.74, 6) is 0.824. The first-order valence-electron chi connectivity index (χ1n) is 8.52. The molecule has 2 aromatic rings. The van der Waals surface area contributed by atoms with E-state index in [9.17, 15) is 13.2 Å². The summed E-state index contributed by atoms with van der Waals surface area (Å²) in [6.07, 6.45) is 3.79. The van der Waals surface area contributed by atoms with Gasteiger partial charge in [0.15, 0.2) is 21.9 Å². The first-order valence-corrected chi connectivity index (χ1v) is 10.3. The molecule has 25 heavy (non-hydrogen) atoms. The van der Waals surface area contributed by atoms with Gasteiger partial charge in [0.05, 0.1) is 11.5 Å². The lowest BCUT2D eigenvalue weighted by atomic mass is 10.1. The molecule has 1 aromatic heterocycles. The predicted molar refractivity (Wildman–Crippen MR) is 91.9 cm³/mol. The Labute approximate surface area is 146 Å². The van der Waals surface area contributed by atoms with Crippen LogP contribution < -0.4 is 0 Å². The number of aromatic nitrogens is 1. The lowest BCUT2D eigenvalue weighted by Gasteiger charge is -2.28. The number of carbonyl (C=O) groups excluding carboxylic acids is 1. The highest BCUT2D eigenvalue weighted by atomic mass is 32.2. The van der Waals surface area contributed by atoms with Crippen LogP contribution in [0.25, 0.3) is 0 Å². The molecule has 2 fully saturated rings. The highest BCUT2D eigenvalue weighted by Gasteiger charge is 2.39. The van der Waals surface area contributed by atoms with Gasteiger partial charge in [-0.15, -0.1) is 0 Å². The average Bonchev–Trinajstić information content (AvgIpc) is 3.21. The maximum absolute atomic E-state index is 13.2. The maximum atomic E-state index is 13.2. The lowest BCUT2D eigenvalue weighted by molar-refractivity contribution is 0.0673. The molecule has 2 aliphatic rings. The number of sulfone groups is 1. The van der Waals surface area contributed by atoms with Gasteiger partial charge in [0, 0.05) is 18.5 Å². The van der Waals surface area contributed by atoms with Crippen molar-refractivity contribution in [2.24, 2.45) is 0 Å². The van der Waals surface area contributed by atoms with E-state index in [0.717, 1.165) is 18.4 Å². The molecule has 1 amide bonds. The van der Waals surface area contributed by atoms with Gasteiger partial charge in [0.25, 0.3) is 5.91 Å². The Kier molecular flexibility index (Phi) is 4.11. The summed E-state index contributed by atoms with van der Waals surface area (Å²) in [6.45, 7) is 0.372. The molecule has 4 rings (SSSR count). The minimum Gasteiger partial charge on any atom is -0.447 e. The van der Waals surface area contributed by atoms with Gasteiger partial charge in [0.2, 0.25) is 0 Å². The number of amides is 1. The highest BCUT2D eigenvalue weighted by molar-refractivity contribution is 7.91. The zero-order valence-electron chi connectivity index (χ0n) is 13.8. The van der Waals surface area contributed by atoms with E-state index in [4.69, 9.17) is 4.42 Å². The third kappa shape index (κ3) is 3.46. The Hall–Kier alpha value is -2.15. The molecule has 0 N–H and O–H groups in total. The van der Waals surface area contributed by atoms with E-state index in [1.54, 1.807) is 4.90 Å². The number of rotatable bonds is 5. The van der Waals surface area contributed by atoms with Crippen molar-refractivity contribution in [2.75, 3.05) is 11.5 Å². The Balaban J connectivity index is 1.64. The molecule has 1 aliphatic heterocycles. The van der Waals surface area contributed by atoms with Crippen LogP contribution in [0.1, 0.15) is 47.0 Å². The summed E-state index contributed by atoms with van der Waals surface area (Å²) >= 11 is 0. The molecule has 0 bridgehead atoms. The topological polar surface area (TPSA) is 80.5 Å². The molecule has 0 spiro atoms. The molecule has 1 aromatic carbocycles. The van der Waals surface area contributed by atoms with E-state index in [0.29, 0.717) is 24.4 Å². The van der Waals surface area contributed by atoms with Crippen LogP contribution in [0.2, 0.25) is 0 Å². The van der Waals surface area contributed by atoms with Gasteiger partial charge in [-0.1, -0.05) is 30.3 Å². The van der Waals surface area contributed by atoms with Gasteiger partial charge in [-0.2, -0.15) is 0 Å². The third-order valence-corrected chi connectivity index (χ3v) is 6.60. The van der Waals surface area contributed by atoms with Crippen molar-refractivity contribution in [2.45, 2.75) is 37.8 Å². The molecule has 1 saturated heterocycles. The summed E-state index contributed by atoms with van der Waals surface area (Å²) < 4.78 is 29.3. The summed E-state index contributed by atoms with van der Waals surface area (Å²) in [4.78, 5) is 19.0. The molecular formula is C18H20N2O4S. The third-order valence-electron chi connectivity index (χ3n) is 4.85. The molecule has 7 heteroatoms. The van der Waals surface area contributed by atoms with Gasteiger partial charge >= 0.3 is 0 Å². The van der Waals surface area contributed by atoms with Crippen LogP contribution >= 0.6 is 0 Å². The molecule has 0 radical (unpaired) electrons. The number of nitrogens with zero attached hydrogens (tertiary/aromatic N) is 2. The lowest BCUT2D eigenvalue weighted by Crippen LogP contribution is -2.41. The zero-order chi connectivity index (χ0) is 17.4. The summed E-state index contributed by atoms with van der Waals surface area (Å²) in [7, 11) is -3.09. The van der Waals surface area contributed by atoms with Crippen molar-refractivity contribution in [3.8, 4) is 0 Å². The van der Waals surface area contributed by atoms with Crippen molar-refractivity contribution in [1.82, 2.24) is 9.88 Å². The SMILES string of the molecule is O=C(c1ncoc1C1CC1)N(Cc1ccccc1)[C@@H]1CCS(=O)(=O)C1. The van der Waals surface area contributed by atoms with E-state index >= 15 is 0 Å². The Morgan fingerprint density at radius 1 is 1.20 bits per heavy atom. The molecule has 1 atom stereocenters. The standard InChI is InChI=1S/C18H20N2O4S/c21-18(16-17(14-6-7-14)24-12-19-16)20(10-13-4-2-1-3-5-13)15-8-9-25(22,23)11-15/h1-5,12,14-15H,6-11H2/t15-/m1/s1. The second kappa shape index (κ2) is 6.29. The van der Waals surface area contributed by atoms with Crippen molar-refractivity contribution in [3.63, 3.8) is 0 Å². The molecular weight excluding hydrogens is 340 g/mol. The minimum absolute atomic E-state index is 0.0161. The van der Waals surface area contributed by atoms with Crippen LogP contribution in [0.3, 0.4) is 0 Å². The van der Waals surface area contributed by atoms with Crippen LogP contribution in [-0.2, 0) is 16.4 Å². The minimum atomic E-state index is -3.09. The number of oxazole rings is 1. The van der Waals surface area contributed by atoms with E-state index in [1.165, 1.54) is 6.39 Å². The number of carbonyl (C=O) groups is 1. The number of hydrogen-bond donors (Lipinski definition) is 0. The summed E-state index contributed by atoms with van der Waals surface area (Å²) in [6, 6.07) is 9.30. The van der Waals surface area contributed by atoms with Crippen LogP contribution in [0.4, 0.5) is 0 Å². The van der Waals surface area contributed by atoms with Crippen molar-refractivity contribution >= 4 is 15.7 Å². The van der Waals surface area contributed by atoms with Gasteiger partial charge < -0.3 is 9.32 Å². The van der Waals surface area contributed by atoms with Gasteiger partial charge in [-0.05, 0) is 24.8 Å². The first-order chi connectivity index (χ1) is 12.0. The molecule has 1 saturated carbocycles. The van der Waals surface area contributed by atoms with E-state index in [1.807, 2.05) is 30.3 Å². The van der Waals surface area contributed by atoms with Crippen LogP contribution in [-0.4, -0.2) is 41.8 Å². The van der Waals surface area contributed by atoms with Crippen molar-refractivity contribution in [1.29, 1.82) is 0 Å². The van der Waals surface area contributed by atoms with Gasteiger partial charge in [-0.3, -0.25) is 4.79 Å². The maximum Gasteiger partial charge on any atom is 0.276 e. The first kappa shape index (κ1) is 16.3. The fraction of sp³-hybridized carbons (Fsp3) is 0.444. The van der Waals surface area contributed by atoms with Crippen LogP contribution in [0.5, 0.6) is 0 Å². The smallest absolute Gasteiger partial charge is 0.276 e. The fourth-order valence-corrected chi connectivity index (χ4v) is 5.09. The van der Waals surface area contributed by atoms with Crippen LogP contribution in [0.15, 0.2) is 41.1 Å². The number of benzene rings is 1. The quantitative estimate of drug-likeness (QED) is 0.818. The summed E-state index contributed by atoms with van der Waals surface area (Å²) in [5, 5.41) is 0. The molecule has 0 unspecified atom stereocenters. The summed E-state index contributed by atoms with van der Waals surface area (Å²) in [5.41, 5.74) is 1.30. The van der Waals surface area contributed by atoms with Crippen LogP contribution in [0, 0.1) is 0 Å². The largest absolute Gasteiger partial charge is 0.447 e. The van der Waals surface area contributed by atoms with E-state index in [2.05, 4.69) is 4.98 Å². The Morgan fingerprint density at radius 3 is 2.60 bits per heavy atom. The fourth-order valence-electron chi connectivity index (χ4n) is 3.36. The van der Waals surface area contributed by atoms with E-state index in [-0.39, 0.29) is 29.4 Å². The average molecular weight is 360 g/mol. The molecule has 132 valence electrons. The van der Waals surface area contributed by atoms with Crippen molar-refractivity contribution in [3.05, 3.63) is 53.7 Å².